The number of nitrogens with zero attached hydrogens (tertiary/aromatic N) is 1. The number of anilines is 1. The summed E-state index contributed by atoms with van der Waals surface area (Å²) in [6.45, 7) is 2.66. The van der Waals surface area contributed by atoms with Crippen molar-refractivity contribution in [2.75, 3.05) is 18.0 Å². The van der Waals surface area contributed by atoms with Gasteiger partial charge in [0.25, 0.3) is 5.91 Å². The molecule has 0 bridgehead atoms. The Labute approximate surface area is 186 Å². The number of nitrogens with one attached hydrogen (secondary N) is 1. The number of benzene rings is 3. The van der Waals surface area contributed by atoms with Gasteiger partial charge in [-0.25, -0.2) is 8.78 Å². The van der Waals surface area contributed by atoms with Crippen LogP contribution in [0.5, 0.6) is 0 Å². The molecule has 0 heterocycles. The van der Waals surface area contributed by atoms with Gasteiger partial charge < -0.3 is 10.2 Å². The Morgan fingerprint density at radius 3 is 2.06 bits per heavy atom. The van der Waals surface area contributed by atoms with E-state index in [1.54, 1.807) is 0 Å². The van der Waals surface area contributed by atoms with Crippen LogP contribution in [0.4, 0.5) is 14.5 Å². The van der Waals surface area contributed by atoms with E-state index in [-0.39, 0.29) is 17.7 Å². The van der Waals surface area contributed by atoms with Crippen LogP contribution >= 0.6 is 0 Å². The lowest BCUT2D eigenvalue weighted by atomic mass is 9.96. The van der Waals surface area contributed by atoms with E-state index in [0.29, 0.717) is 37.2 Å². The standard InChI is InChI=1S/C26H26F2N2O2/c1-2-24(19-7-4-3-5-8-19)25(31)29-17-6-18-30(23-15-13-22(28)14-16-23)26(32)20-9-11-21(27)12-10-20/h3-5,7-16,24H,2,6,17-18H2,1H3,(H,29,31). The van der Waals surface area contributed by atoms with Crippen LogP contribution in [0.2, 0.25) is 0 Å². The molecule has 4 nitrogen and oxygen atoms in total. The van der Waals surface area contributed by atoms with E-state index in [1.165, 1.54) is 53.4 Å². The van der Waals surface area contributed by atoms with Crippen LogP contribution in [-0.2, 0) is 4.79 Å². The summed E-state index contributed by atoms with van der Waals surface area (Å²) in [4.78, 5) is 27.2. The van der Waals surface area contributed by atoms with E-state index < -0.39 is 11.6 Å². The van der Waals surface area contributed by atoms with Crippen molar-refractivity contribution in [3.8, 4) is 0 Å². The Morgan fingerprint density at radius 2 is 1.47 bits per heavy atom. The third-order valence-corrected chi connectivity index (χ3v) is 5.26. The number of amides is 2. The van der Waals surface area contributed by atoms with E-state index in [0.717, 1.165) is 5.56 Å². The van der Waals surface area contributed by atoms with Gasteiger partial charge in [0.15, 0.2) is 0 Å². The molecule has 0 aromatic heterocycles. The maximum absolute atomic E-state index is 13.4. The maximum Gasteiger partial charge on any atom is 0.258 e. The first-order valence-electron chi connectivity index (χ1n) is 10.6. The molecule has 1 atom stereocenters. The molecule has 3 aromatic rings. The number of carbonyl (C=O) groups is 2. The van der Waals surface area contributed by atoms with Gasteiger partial charge in [-0.15, -0.1) is 0 Å². The molecule has 1 N–H and O–H groups in total. The molecule has 6 heteroatoms. The molecule has 0 fully saturated rings. The van der Waals surface area contributed by atoms with Gasteiger partial charge in [-0.3, -0.25) is 9.59 Å². The molecule has 0 aliphatic heterocycles. The van der Waals surface area contributed by atoms with Crippen molar-refractivity contribution in [2.45, 2.75) is 25.7 Å². The molecule has 0 radical (unpaired) electrons. The third-order valence-electron chi connectivity index (χ3n) is 5.26. The van der Waals surface area contributed by atoms with Crippen molar-refractivity contribution >= 4 is 17.5 Å². The Kier molecular flexibility index (Phi) is 8.08. The smallest absolute Gasteiger partial charge is 0.258 e. The van der Waals surface area contributed by atoms with Crippen LogP contribution in [0.3, 0.4) is 0 Å². The average molecular weight is 437 g/mol. The van der Waals surface area contributed by atoms with Gasteiger partial charge in [-0.1, -0.05) is 37.3 Å². The van der Waals surface area contributed by atoms with E-state index in [9.17, 15) is 18.4 Å². The topological polar surface area (TPSA) is 49.4 Å². The molecule has 3 aromatic carbocycles. The Balaban J connectivity index is 1.65. The lowest BCUT2D eigenvalue weighted by Gasteiger charge is -2.23. The fourth-order valence-electron chi connectivity index (χ4n) is 3.55. The summed E-state index contributed by atoms with van der Waals surface area (Å²) in [7, 11) is 0. The highest BCUT2D eigenvalue weighted by molar-refractivity contribution is 6.06. The highest BCUT2D eigenvalue weighted by atomic mass is 19.1. The second kappa shape index (κ2) is 11.2. The van der Waals surface area contributed by atoms with E-state index in [2.05, 4.69) is 5.32 Å². The monoisotopic (exact) mass is 436 g/mol. The molecule has 0 saturated carbocycles. The molecule has 0 aliphatic rings. The molecule has 2 amide bonds. The van der Waals surface area contributed by atoms with E-state index in [4.69, 9.17) is 0 Å². The number of carbonyl (C=O) groups excluding carboxylic acids is 2. The van der Waals surface area contributed by atoms with E-state index >= 15 is 0 Å². The Bertz CT molecular complexity index is 1020. The molecule has 0 aliphatic carbocycles. The van der Waals surface area contributed by atoms with Crippen molar-refractivity contribution in [1.29, 1.82) is 0 Å². The van der Waals surface area contributed by atoms with Crippen LogP contribution in [0.1, 0.15) is 41.6 Å². The summed E-state index contributed by atoms with van der Waals surface area (Å²) in [5.41, 5.74) is 1.82. The number of rotatable bonds is 9. The van der Waals surface area contributed by atoms with Crippen LogP contribution in [0, 0.1) is 11.6 Å². The van der Waals surface area contributed by atoms with Crippen LogP contribution in [-0.4, -0.2) is 24.9 Å². The van der Waals surface area contributed by atoms with E-state index in [1.807, 2.05) is 37.3 Å². The fourth-order valence-corrected chi connectivity index (χ4v) is 3.55. The van der Waals surface area contributed by atoms with Crippen LogP contribution in [0.25, 0.3) is 0 Å². The van der Waals surface area contributed by atoms with Gasteiger partial charge >= 0.3 is 0 Å². The maximum atomic E-state index is 13.4. The second-order valence-electron chi connectivity index (χ2n) is 7.46. The largest absolute Gasteiger partial charge is 0.356 e. The first-order chi connectivity index (χ1) is 15.5. The molecule has 0 saturated heterocycles. The van der Waals surface area contributed by atoms with Gasteiger partial charge in [-0.05, 0) is 66.9 Å². The minimum atomic E-state index is -0.429. The molecule has 1 unspecified atom stereocenters. The minimum absolute atomic E-state index is 0.0584. The summed E-state index contributed by atoms with van der Waals surface area (Å²) in [5.74, 6) is -1.44. The average Bonchev–Trinajstić information content (AvgIpc) is 2.81. The van der Waals surface area contributed by atoms with Crippen molar-refractivity contribution in [3.05, 3.63) is 102 Å². The third kappa shape index (κ3) is 6.00. The quantitative estimate of drug-likeness (QED) is 0.462. The minimum Gasteiger partial charge on any atom is -0.356 e. The number of hydrogen-bond acceptors (Lipinski definition) is 2. The van der Waals surface area contributed by atoms with Crippen molar-refractivity contribution in [2.24, 2.45) is 0 Å². The molecule has 3 rings (SSSR count). The van der Waals surface area contributed by atoms with Crippen molar-refractivity contribution in [3.63, 3.8) is 0 Å². The highest BCUT2D eigenvalue weighted by Gasteiger charge is 2.20. The SMILES string of the molecule is CCC(C(=O)NCCCN(C(=O)c1ccc(F)cc1)c1ccc(F)cc1)c1ccccc1. The lowest BCUT2D eigenvalue weighted by molar-refractivity contribution is -0.122. The molecule has 32 heavy (non-hydrogen) atoms. The van der Waals surface area contributed by atoms with Gasteiger partial charge in [0.05, 0.1) is 5.92 Å². The molecular weight excluding hydrogens is 410 g/mol. The summed E-state index contributed by atoms with van der Waals surface area (Å²) in [5, 5.41) is 2.95. The van der Waals surface area contributed by atoms with Crippen LogP contribution in [0.15, 0.2) is 78.9 Å². The van der Waals surface area contributed by atoms with Gasteiger partial charge in [0.1, 0.15) is 11.6 Å². The zero-order valence-electron chi connectivity index (χ0n) is 17.9. The molecule has 0 spiro atoms. The number of halogens is 2. The first kappa shape index (κ1) is 23.1. The highest BCUT2D eigenvalue weighted by Crippen LogP contribution is 2.20. The second-order valence-corrected chi connectivity index (χ2v) is 7.46. The van der Waals surface area contributed by atoms with Gasteiger partial charge in [-0.2, -0.15) is 0 Å². The Morgan fingerprint density at radius 1 is 0.875 bits per heavy atom. The van der Waals surface area contributed by atoms with Crippen molar-refractivity contribution in [1.82, 2.24) is 5.32 Å². The summed E-state index contributed by atoms with van der Waals surface area (Å²) < 4.78 is 26.6. The summed E-state index contributed by atoms with van der Waals surface area (Å²) in [6, 6.07) is 20.5. The zero-order valence-corrected chi connectivity index (χ0v) is 17.9. The first-order valence-corrected chi connectivity index (χ1v) is 10.6. The normalized spacial score (nSPS) is 11.6. The number of hydrogen-bond donors (Lipinski definition) is 1. The molecular formula is C26H26F2N2O2. The Hall–Kier alpha value is -3.54. The predicted molar refractivity (Wildman–Crippen MR) is 122 cm³/mol. The van der Waals surface area contributed by atoms with Gasteiger partial charge in [0, 0.05) is 24.3 Å². The lowest BCUT2D eigenvalue weighted by Crippen LogP contribution is -2.35. The van der Waals surface area contributed by atoms with Gasteiger partial charge in [0.2, 0.25) is 5.91 Å². The van der Waals surface area contributed by atoms with Crippen molar-refractivity contribution < 1.29 is 18.4 Å². The predicted octanol–water partition coefficient (Wildman–Crippen LogP) is 5.31. The van der Waals surface area contributed by atoms with Crippen LogP contribution < -0.4 is 10.2 Å². The summed E-state index contributed by atoms with van der Waals surface area (Å²) in [6.07, 6.45) is 1.18. The fraction of sp³-hybridized carbons (Fsp3) is 0.231. The molecule has 166 valence electrons. The zero-order chi connectivity index (χ0) is 22.9. The summed E-state index contributed by atoms with van der Waals surface area (Å²) >= 11 is 0.